The van der Waals surface area contributed by atoms with Crippen LogP contribution in [0.4, 0.5) is 0 Å². The zero-order valence-corrected chi connectivity index (χ0v) is 12.9. The quantitative estimate of drug-likeness (QED) is 0.850. The molecule has 1 unspecified atom stereocenters. The molecule has 0 N–H and O–H groups in total. The highest BCUT2D eigenvalue weighted by atomic mass is 15.3. The molecule has 0 spiro atoms. The molecule has 3 rings (SSSR count). The third kappa shape index (κ3) is 3.17. The Bertz CT molecular complexity index is 513. The molecule has 0 bridgehead atoms. The van der Waals surface area contributed by atoms with Gasteiger partial charge in [0.2, 0.25) is 0 Å². The summed E-state index contributed by atoms with van der Waals surface area (Å²) < 4.78 is 0. The van der Waals surface area contributed by atoms with Gasteiger partial charge in [0.15, 0.2) is 0 Å². The summed E-state index contributed by atoms with van der Waals surface area (Å²) in [7, 11) is 2.22. The van der Waals surface area contributed by atoms with Crippen molar-refractivity contribution < 1.29 is 0 Å². The van der Waals surface area contributed by atoms with Crippen LogP contribution in [0, 0.1) is 0 Å². The maximum absolute atomic E-state index is 2.62. The van der Waals surface area contributed by atoms with Crippen LogP contribution in [0.15, 0.2) is 60.7 Å². The van der Waals surface area contributed by atoms with E-state index >= 15 is 0 Å². The van der Waals surface area contributed by atoms with Crippen molar-refractivity contribution in [2.45, 2.75) is 19.0 Å². The summed E-state index contributed by atoms with van der Waals surface area (Å²) in [5, 5.41) is 0. The number of benzene rings is 2. The van der Waals surface area contributed by atoms with Crippen molar-refractivity contribution in [2.24, 2.45) is 0 Å². The Labute approximate surface area is 128 Å². The number of nitrogens with zero attached hydrogens (tertiary/aromatic N) is 2. The summed E-state index contributed by atoms with van der Waals surface area (Å²) >= 11 is 0. The molecule has 0 radical (unpaired) electrons. The summed E-state index contributed by atoms with van der Waals surface area (Å²) in [4.78, 5) is 5.07. The number of likely N-dealkylation sites (N-methyl/N-ethyl adjacent to an activating group) is 1. The summed E-state index contributed by atoms with van der Waals surface area (Å²) in [5.74, 6) is 0. The van der Waals surface area contributed by atoms with Crippen LogP contribution in [0.25, 0.3) is 0 Å². The van der Waals surface area contributed by atoms with Gasteiger partial charge >= 0.3 is 0 Å². The SMILES string of the molecule is CC1CN(C(c2ccccc2)c2ccccc2)CCN1C. The van der Waals surface area contributed by atoms with Gasteiger partial charge in [0, 0.05) is 25.7 Å². The summed E-state index contributed by atoms with van der Waals surface area (Å²) in [5.41, 5.74) is 2.78. The lowest BCUT2D eigenvalue weighted by molar-refractivity contribution is 0.0838. The maximum Gasteiger partial charge on any atom is 0.0602 e. The molecule has 2 heteroatoms. The third-order valence-electron chi connectivity index (χ3n) is 4.59. The summed E-state index contributed by atoms with van der Waals surface area (Å²) in [6.07, 6.45) is 0. The predicted molar refractivity (Wildman–Crippen MR) is 88.4 cm³/mol. The van der Waals surface area contributed by atoms with E-state index in [-0.39, 0.29) is 0 Å². The predicted octanol–water partition coefficient (Wildman–Crippen LogP) is 3.41. The molecule has 1 aliphatic rings. The Morgan fingerprint density at radius 2 is 1.38 bits per heavy atom. The van der Waals surface area contributed by atoms with E-state index in [9.17, 15) is 0 Å². The van der Waals surface area contributed by atoms with E-state index in [0.29, 0.717) is 12.1 Å². The highest BCUT2D eigenvalue weighted by Gasteiger charge is 2.28. The zero-order chi connectivity index (χ0) is 14.7. The number of piperazine rings is 1. The Morgan fingerprint density at radius 1 is 0.857 bits per heavy atom. The lowest BCUT2D eigenvalue weighted by Gasteiger charge is -2.42. The Kier molecular flexibility index (Phi) is 4.37. The first-order valence-corrected chi connectivity index (χ1v) is 7.80. The van der Waals surface area contributed by atoms with E-state index in [4.69, 9.17) is 0 Å². The van der Waals surface area contributed by atoms with Crippen LogP contribution in [-0.2, 0) is 0 Å². The second-order valence-electron chi connectivity index (χ2n) is 6.05. The first-order chi connectivity index (χ1) is 10.3. The van der Waals surface area contributed by atoms with Crippen LogP contribution in [0.5, 0.6) is 0 Å². The van der Waals surface area contributed by atoms with Crippen LogP contribution in [0.3, 0.4) is 0 Å². The molecule has 1 atom stereocenters. The van der Waals surface area contributed by atoms with Crippen molar-refractivity contribution in [3.63, 3.8) is 0 Å². The van der Waals surface area contributed by atoms with E-state index < -0.39 is 0 Å². The molecule has 0 aliphatic carbocycles. The van der Waals surface area contributed by atoms with Crippen molar-refractivity contribution in [2.75, 3.05) is 26.7 Å². The largest absolute Gasteiger partial charge is 0.301 e. The molecule has 1 aliphatic heterocycles. The molecular weight excluding hydrogens is 256 g/mol. The van der Waals surface area contributed by atoms with Crippen LogP contribution in [0.1, 0.15) is 24.1 Å². The number of hydrogen-bond acceptors (Lipinski definition) is 2. The van der Waals surface area contributed by atoms with Gasteiger partial charge in [-0.25, -0.2) is 0 Å². The standard InChI is InChI=1S/C19H24N2/c1-16-15-21(14-13-20(16)2)19(17-9-5-3-6-10-17)18-11-7-4-8-12-18/h3-12,16,19H,13-15H2,1-2H3. The summed E-state index contributed by atoms with van der Waals surface area (Å²) in [6, 6.07) is 22.7. The molecule has 2 aromatic carbocycles. The molecule has 0 saturated carbocycles. The fourth-order valence-corrected chi connectivity index (χ4v) is 3.20. The zero-order valence-electron chi connectivity index (χ0n) is 12.9. The minimum absolute atomic E-state index is 0.364. The molecule has 2 nitrogen and oxygen atoms in total. The smallest absolute Gasteiger partial charge is 0.0602 e. The minimum Gasteiger partial charge on any atom is -0.301 e. The first-order valence-electron chi connectivity index (χ1n) is 7.80. The minimum atomic E-state index is 0.364. The summed E-state index contributed by atoms with van der Waals surface area (Å²) in [6.45, 7) is 5.69. The van der Waals surface area contributed by atoms with E-state index in [2.05, 4.69) is 84.4 Å². The van der Waals surface area contributed by atoms with Crippen molar-refractivity contribution in [1.82, 2.24) is 9.80 Å². The lowest BCUT2D eigenvalue weighted by Crippen LogP contribution is -2.51. The van der Waals surface area contributed by atoms with Gasteiger partial charge in [-0.05, 0) is 25.1 Å². The number of hydrogen-bond donors (Lipinski definition) is 0. The van der Waals surface area contributed by atoms with Crippen LogP contribution in [0.2, 0.25) is 0 Å². The molecule has 0 amide bonds. The van der Waals surface area contributed by atoms with Crippen molar-refractivity contribution in [3.8, 4) is 0 Å². The van der Waals surface area contributed by atoms with E-state index in [1.165, 1.54) is 11.1 Å². The van der Waals surface area contributed by atoms with Gasteiger partial charge in [-0.15, -0.1) is 0 Å². The van der Waals surface area contributed by atoms with Gasteiger partial charge in [0.25, 0.3) is 0 Å². The average Bonchev–Trinajstić information content (AvgIpc) is 2.53. The van der Waals surface area contributed by atoms with Gasteiger partial charge in [0.05, 0.1) is 6.04 Å². The van der Waals surface area contributed by atoms with Gasteiger partial charge < -0.3 is 4.90 Å². The normalized spacial score (nSPS) is 20.8. The molecule has 1 fully saturated rings. The van der Waals surface area contributed by atoms with Gasteiger partial charge in [-0.2, -0.15) is 0 Å². The van der Waals surface area contributed by atoms with E-state index in [1.54, 1.807) is 0 Å². The molecule has 110 valence electrons. The van der Waals surface area contributed by atoms with Gasteiger partial charge in [0.1, 0.15) is 0 Å². The number of rotatable bonds is 3. The average molecular weight is 280 g/mol. The molecule has 1 saturated heterocycles. The first kappa shape index (κ1) is 14.3. The van der Waals surface area contributed by atoms with E-state index in [1.807, 2.05) is 0 Å². The van der Waals surface area contributed by atoms with Crippen LogP contribution in [-0.4, -0.2) is 42.5 Å². The topological polar surface area (TPSA) is 6.48 Å². The van der Waals surface area contributed by atoms with Crippen molar-refractivity contribution >= 4 is 0 Å². The fourth-order valence-electron chi connectivity index (χ4n) is 3.20. The molecule has 0 aromatic heterocycles. The molecular formula is C19H24N2. The van der Waals surface area contributed by atoms with E-state index in [0.717, 1.165) is 19.6 Å². The monoisotopic (exact) mass is 280 g/mol. The highest BCUT2D eigenvalue weighted by Crippen LogP contribution is 2.30. The van der Waals surface area contributed by atoms with Crippen molar-refractivity contribution in [1.29, 1.82) is 0 Å². The Balaban J connectivity index is 1.94. The van der Waals surface area contributed by atoms with Gasteiger partial charge in [-0.3, -0.25) is 4.90 Å². The van der Waals surface area contributed by atoms with Gasteiger partial charge in [-0.1, -0.05) is 60.7 Å². The second-order valence-corrected chi connectivity index (χ2v) is 6.05. The van der Waals surface area contributed by atoms with Crippen molar-refractivity contribution in [3.05, 3.63) is 71.8 Å². The lowest BCUT2D eigenvalue weighted by atomic mass is 9.96. The highest BCUT2D eigenvalue weighted by molar-refractivity contribution is 5.32. The Hall–Kier alpha value is -1.64. The molecule has 2 aromatic rings. The molecule has 1 heterocycles. The van der Waals surface area contributed by atoms with Crippen LogP contribution < -0.4 is 0 Å². The fraction of sp³-hybridized carbons (Fsp3) is 0.368. The molecule has 21 heavy (non-hydrogen) atoms. The second kappa shape index (κ2) is 6.42. The third-order valence-corrected chi connectivity index (χ3v) is 4.59. The Morgan fingerprint density at radius 3 is 1.86 bits per heavy atom. The maximum atomic E-state index is 2.62. The van der Waals surface area contributed by atoms with Crippen LogP contribution >= 0.6 is 0 Å².